The summed E-state index contributed by atoms with van der Waals surface area (Å²) in [5.74, 6) is -2.04. The van der Waals surface area contributed by atoms with E-state index in [2.05, 4.69) is 9.37 Å². The van der Waals surface area contributed by atoms with E-state index in [0.29, 0.717) is 31.6 Å². The lowest BCUT2D eigenvalue weighted by atomic mass is 9.53. The lowest BCUT2D eigenvalue weighted by Gasteiger charge is -2.58. The van der Waals surface area contributed by atoms with Crippen molar-refractivity contribution in [1.29, 1.82) is 0 Å². The summed E-state index contributed by atoms with van der Waals surface area (Å²) in [6.45, 7) is 0. The molecule has 0 aromatic rings. The number of hydrogen-bond acceptors (Lipinski definition) is 7. The van der Waals surface area contributed by atoms with Crippen LogP contribution in [-0.4, -0.2) is 41.2 Å². The van der Waals surface area contributed by atoms with Crippen LogP contribution in [0.1, 0.15) is 32.1 Å². The van der Waals surface area contributed by atoms with E-state index in [1.54, 1.807) is 7.11 Å². The average molecular weight is 390 g/mol. The number of carbonyl (C=O) groups excluding carboxylic acids is 1. The minimum absolute atomic E-state index is 0.160. The second kappa shape index (κ2) is 6.52. The Morgan fingerprint density at radius 1 is 1.16 bits per heavy atom. The zero-order valence-corrected chi connectivity index (χ0v) is 14.1. The predicted molar refractivity (Wildman–Crippen MR) is 75.5 cm³/mol. The zero-order valence-electron chi connectivity index (χ0n) is 13.3. The largest absolute Gasteiger partial charge is 0.458 e. The summed E-state index contributed by atoms with van der Waals surface area (Å²) in [5.41, 5.74) is -0.321. The molecular formula is C14H18F4O6S. The van der Waals surface area contributed by atoms with Crippen molar-refractivity contribution in [1.82, 2.24) is 0 Å². The molecular weight excluding hydrogens is 372 g/mol. The van der Waals surface area contributed by atoms with E-state index < -0.39 is 35.3 Å². The molecule has 11 heteroatoms. The number of rotatable bonds is 6. The van der Waals surface area contributed by atoms with Crippen molar-refractivity contribution in [2.45, 2.75) is 55.0 Å². The Kier molecular flexibility index (Phi) is 4.99. The minimum Gasteiger partial charge on any atom is -0.458 e. The maximum absolute atomic E-state index is 14.3. The van der Waals surface area contributed by atoms with Crippen LogP contribution in [0.5, 0.6) is 0 Å². The molecule has 0 aromatic heterocycles. The van der Waals surface area contributed by atoms with Crippen LogP contribution in [0.4, 0.5) is 17.6 Å². The molecule has 4 saturated carbocycles. The van der Waals surface area contributed by atoms with Crippen LogP contribution in [0.15, 0.2) is 0 Å². The van der Waals surface area contributed by atoms with Gasteiger partial charge in [-0.05, 0) is 49.9 Å². The first kappa shape index (κ1) is 19.2. The quantitative estimate of drug-likeness (QED) is 0.245. The standard InChI is InChI=1S/C14H18F4O6S/c1-21-12-4-7-2-8(5-12)10(9(3-7)6-12)22-11(19)13(15,14(16,17)18)25-24-23-20/h7-10,20H,2-6H2,1H3. The third-order valence-corrected chi connectivity index (χ3v) is 6.37. The normalized spacial score (nSPS) is 39.3. The van der Waals surface area contributed by atoms with Crippen LogP contribution < -0.4 is 0 Å². The average Bonchev–Trinajstić information content (AvgIpc) is 2.54. The second-order valence-electron chi connectivity index (χ2n) is 7.05. The Balaban J connectivity index is 1.74. The SMILES string of the molecule is COC12CC3CC(C1)C(OC(=O)C(F)(SOOO)C(F)(F)F)C(C3)C2. The Morgan fingerprint density at radius 2 is 1.76 bits per heavy atom. The molecule has 4 rings (SSSR count). The van der Waals surface area contributed by atoms with Gasteiger partial charge in [0.2, 0.25) is 0 Å². The molecule has 0 radical (unpaired) electrons. The molecule has 4 bridgehead atoms. The topological polar surface area (TPSA) is 74.2 Å². The first-order valence-electron chi connectivity index (χ1n) is 7.82. The van der Waals surface area contributed by atoms with Gasteiger partial charge in [0.05, 0.1) is 17.6 Å². The van der Waals surface area contributed by atoms with Crippen LogP contribution >= 0.6 is 12.0 Å². The number of carbonyl (C=O) groups is 1. The molecule has 25 heavy (non-hydrogen) atoms. The van der Waals surface area contributed by atoms with Gasteiger partial charge in [-0.3, -0.25) is 0 Å². The number of ether oxygens (including phenoxy) is 2. The molecule has 3 atom stereocenters. The predicted octanol–water partition coefficient (Wildman–Crippen LogP) is 3.42. The highest BCUT2D eigenvalue weighted by molar-refractivity contribution is 7.96. The van der Waals surface area contributed by atoms with Crippen molar-refractivity contribution in [2.24, 2.45) is 17.8 Å². The van der Waals surface area contributed by atoms with Gasteiger partial charge in [-0.1, -0.05) is 5.04 Å². The van der Waals surface area contributed by atoms with Gasteiger partial charge in [0, 0.05) is 7.11 Å². The first-order chi connectivity index (χ1) is 11.6. The molecule has 0 saturated heterocycles. The maximum atomic E-state index is 14.3. The molecule has 3 unspecified atom stereocenters. The molecule has 6 nitrogen and oxygen atoms in total. The van der Waals surface area contributed by atoms with Gasteiger partial charge in [0.15, 0.2) is 0 Å². The fourth-order valence-corrected chi connectivity index (χ4v) is 5.14. The zero-order chi connectivity index (χ0) is 18.5. The maximum Gasteiger partial charge on any atom is 0.446 e. The van der Waals surface area contributed by atoms with Crippen molar-refractivity contribution < 1.29 is 46.5 Å². The molecule has 4 aliphatic carbocycles. The molecule has 4 aliphatic rings. The molecule has 1 N–H and O–H groups in total. The van der Waals surface area contributed by atoms with E-state index in [4.69, 9.17) is 14.7 Å². The molecule has 0 spiro atoms. The van der Waals surface area contributed by atoms with Crippen LogP contribution in [0.25, 0.3) is 0 Å². The first-order valence-corrected chi connectivity index (χ1v) is 8.56. The van der Waals surface area contributed by atoms with E-state index in [-0.39, 0.29) is 17.4 Å². The van der Waals surface area contributed by atoms with Crippen LogP contribution in [0.3, 0.4) is 0 Å². The molecule has 4 fully saturated rings. The number of methoxy groups -OCH3 is 1. The molecule has 0 heterocycles. The van der Waals surface area contributed by atoms with Gasteiger partial charge in [0.25, 0.3) is 0 Å². The van der Waals surface area contributed by atoms with Crippen LogP contribution in [-0.2, 0) is 23.6 Å². The monoisotopic (exact) mass is 390 g/mol. The van der Waals surface area contributed by atoms with E-state index in [0.717, 1.165) is 6.42 Å². The van der Waals surface area contributed by atoms with Gasteiger partial charge < -0.3 is 9.47 Å². The Morgan fingerprint density at radius 3 is 2.24 bits per heavy atom. The van der Waals surface area contributed by atoms with Crippen molar-refractivity contribution in [2.75, 3.05) is 7.11 Å². The number of alkyl halides is 4. The summed E-state index contributed by atoms with van der Waals surface area (Å²) in [4.78, 5) is 12.0. The van der Waals surface area contributed by atoms with E-state index in [9.17, 15) is 22.4 Å². The third kappa shape index (κ3) is 3.25. The number of hydrogen-bond donors (Lipinski definition) is 1. The van der Waals surface area contributed by atoms with E-state index >= 15 is 0 Å². The van der Waals surface area contributed by atoms with E-state index in [1.807, 2.05) is 0 Å². The molecule has 0 aliphatic heterocycles. The Bertz CT molecular complexity index is 516. The smallest absolute Gasteiger partial charge is 0.446 e. The van der Waals surface area contributed by atoms with Crippen LogP contribution in [0, 0.1) is 17.8 Å². The molecule has 0 amide bonds. The summed E-state index contributed by atoms with van der Waals surface area (Å²) in [5, 5.41) is 6.47. The Hall–Kier alpha value is -0.620. The molecule has 0 aromatic carbocycles. The fourth-order valence-electron chi connectivity index (χ4n) is 4.80. The highest BCUT2D eigenvalue weighted by Gasteiger charge is 2.67. The lowest BCUT2D eigenvalue weighted by molar-refractivity contribution is -0.433. The summed E-state index contributed by atoms with van der Waals surface area (Å²) in [6, 6.07) is 0. The number of esters is 1. The summed E-state index contributed by atoms with van der Waals surface area (Å²) in [6.07, 6.45) is -2.92. The highest BCUT2D eigenvalue weighted by Crippen LogP contribution is 2.58. The van der Waals surface area contributed by atoms with Crippen LogP contribution in [0.2, 0.25) is 0 Å². The second-order valence-corrected chi connectivity index (χ2v) is 7.91. The summed E-state index contributed by atoms with van der Waals surface area (Å²) >= 11 is -0.994. The van der Waals surface area contributed by atoms with Gasteiger partial charge in [-0.2, -0.15) is 13.2 Å². The van der Waals surface area contributed by atoms with Crippen molar-refractivity contribution in [3.63, 3.8) is 0 Å². The van der Waals surface area contributed by atoms with Gasteiger partial charge in [-0.25, -0.2) is 14.4 Å². The summed E-state index contributed by atoms with van der Waals surface area (Å²) < 4.78 is 67.3. The van der Waals surface area contributed by atoms with Crippen molar-refractivity contribution >= 4 is 18.0 Å². The van der Waals surface area contributed by atoms with E-state index in [1.165, 1.54) is 0 Å². The van der Waals surface area contributed by atoms with Crippen molar-refractivity contribution in [3.05, 3.63) is 0 Å². The summed E-state index contributed by atoms with van der Waals surface area (Å²) in [7, 11) is 1.60. The third-order valence-electron chi connectivity index (χ3n) is 5.61. The Labute approximate surface area is 145 Å². The molecule has 144 valence electrons. The van der Waals surface area contributed by atoms with Gasteiger partial charge >= 0.3 is 17.1 Å². The van der Waals surface area contributed by atoms with Gasteiger partial charge in [0.1, 0.15) is 6.10 Å². The number of halogens is 4. The lowest BCUT2D eigenvalue weighted by Crippen LogP contribution is -2.59. The fraction of sp³-hybridized carbons (Fsp3) is 0.929. The minimum atomic E-state index is -5.60. The van der Waals surface area contributed by atoms with Crippen molar-refractivity contribution in [3.8, 4) is 0 Å². The van der Waals surface area contributed by atoms with Gasteiger partial charge in [-0.15, -0.1) is 4.33 Å². The highest BCUT2D eigenvalue weighted by atomic mass is 32.2.